The van der Waals surface area contributed by atoms with Crippen LogP contribution in [-0.2, 0) is 13.1 Å². The SMILES string of the molecule is CCNC(=NCc1nccn1Cc1ccccc1)NCC(C)Oc1ccccc1C. The van der Waals surface area contributed by atoms with Gasteiger partial charge in [0.05, 0.1) is 6.54 Å². The average molecular weight is 406 g/mol. The minimum Gasteiger partial charge on any atom is -0.489 e. The molecule has 0 aliphatic carbocycles. The highest BCUT2D eigenvalue weighted by Gasteiger charge is 2.08. The van der Waals surface area contributed by atoms with Crippen molar-refractivity contribution in [3.63, 3.8) is 0 Å². The van der Waals surface area contributed by atoms with Crippen molar-refractivity contribution in [1.29, 1.82) is 0 Å². The number of hydrogen-bond donors (Lipinski definition) is 2. The molecule has 1 aromatic heterocycles. The fourth-order valence-electron chi connectivity index (χ4n) is 3.09. The van der Waals surface area contributed by atoms with Gasteiger partial charge < -0.3 is 19.9 Å². The van der Waals surface area contributed by atoms with Crippen molar-refractivity contribution < 1.29 is 4.74 Å². The standard InChI is InChI=1S/C24H31N5O/c1-4-25-24(27-16-20(3)30-22-13-9-8-10-19(22)2)28-17-23-26-14-15-29(23)18-21-11-6-5-7-12-21/h5-15,20H,4,16-18H2,1-3H3,(H2,25,27,28). The molecule has 0 radical (unpaired) electrons. The third-order valence-electron chi connectivity index (χ3n) is 4.70. The number of nitrogens with zero attached hydrogens (tertiary/aromatic N) is 3. The number of imidazole rings is 1. The summed E-state index contributed by atoms with van der Waals surface area (Å²) in [6, 6.07) is 18.4. The number of aryl methyl sites for hydroxylation is 1. The fraction of sp³-hybridized carbons (Fsp3) is 0.333. The van der Waals surface area contributed by atoms with Crippen molar-refractivity contribution in [1.82, 2.24) is 20.2 Å². The van der Waals surface area contributed by atoms with Gasteiger partial charge in [0.1, 0.15) is 24.2 Å². The van der Waals surface area contributed by atoms with Crippen molar-refractivity contribution in [2.75, 3.05) is 13.1 Å². The van der Waals surface area contributed by atoms with E-state index < -0.39 is 0 Å². The van der Waals surface area contributed by atoms with Gasteiger partial charge in [0.2, 0.25) is 0 Å². The molecule has 0 amide bonds. The maximum absolute atomic E-state index is 6.05. The van der Waals surface area contributed by atoms with E-state index in [1.807, 2.05) is 36.7 Å². The van der Waals surface area contributed by atoms with Crippen LogP contribution < -0.4 is 15.4 Å². The van der Waals surface area contributed by atoms with E-state index in [1.165, 1.54) is 5.56 Å². The van der Waals surface area contributed by atoms with E-state index in [2.05, 4.69) is 71.3 Å². The molecule has 1 unspecified atom stereocenters. The van der Waals surface area contributed by atoms with Crippen LogP contribution in [0.4, 0.5) is 0 Å². The number of hydrogen-bond acceptors (Lipinski definition) is 3. The number of aromatic nitrogens is 2. The van der Waals surface area contributed by atoms with Crippen LogP contribution in [0.15, 0.2) is 72.0 Å². The van der Waals surface area contributed by atoms with Crippen molar-refractivity contribution >= 4 is 5.96 Å². The second kappa shape index (κ2) is 11.0. The quantitative estimate of drug-likeness (QED) is 0.420. The highest BCUT2D eigenvalue weighted by molar-refractivity contribution is 5.79. The smallest absolute Gasteiger partial charge is 0.191 e. The van der Waals surface area contributed by atoms with Gasteiger partial charge in [0, 0.05) is 25.5 Å². The fourth-order valence-corrected chi connectivity index (χ4v) is 3.09. The minimum absolute atomic E-state index is 0.00928. The zero-order chi connectivity index (χ0) is 21.2. The first-order valence-electron chi connectivity index (χ1n) is 10.4. The van der Waals surface area contributed by atoms with Gasteiger partial charge in [0.15, 0.2) is 5.96 Å². The van der Waals surface area contributed by atoms with Gasteiger partial charge in [-0.1, -0.05) is 48.5 Å². The predicted octanol–water partition coefficient (Wildman–Crippen LogP) is 3.76. The molecule has 3 rings (SSSR count). The van der Waals surface area contributed by atoms with Crippen LogP contribution in [0.2, 0.25) is 0 Å². The first-order chi connectivity index (χ1) is 14.7. The Labute approximate surface area is 179 Å². The van der Waals surface area contributed by atoms with Gasteiger partial charge in [0.25, 0.3) is 0 Å². The first-order valence-corrected chi connectivity index (χ1v) is 10.4. The van der Waals surface area contributed by atoms with Gasteiger partial charge in [-0.3, -0.25) is 0 Å². The molecule has 158 valence electrons. The van der Waals surface area contributed by atoms with Crippen LogP contribution in [0.3, 0.4) is 0 Å². The van der Waals surface area contributed by atoms with Crippen LogP contribution >= 0.6 is 0 Å². The lowest BCUT2D eigenvalue weighted by Gasteiger charge is -2.18. The van der Waals surface area contributed by atoms with E-state index in [1.54, 1.807) is 0 Å². The summed E-state index contributed by atoms with van der Waals surface area (Å²) in [5.41, 5.74) is 2.38. The molecule has 0 saturated heterocycles. The number of benzene rings is 2. The first kappa shape index (κ1) is 21.4. The Morgan fingerprint density at radius 1 is 1.10 bits per heavy atom. The van der Waals surface area contributed by atoms with Crippen LogP contribution in [0.25, 0.3) is 0 Å². The molecule has 0 fully saturated rings. The molecule has 30 heavy (non-hydrogen) atoms. The van der Waals surface area contributed by atoms with Crippen LogP contribution in [-0.4, -0.2) is 34.7 Å². The summed E-state index contributed by atoms with van der Waals surface area (Å²) in [7, 11) is 0. The lowest BCUT2D eigenvalue weighted by atomic mass is 10.2. The number of para-hydroxylation sites is 1. The molecule has 0 aliphatic rings. The predicted molar refractivity (Wildman–Crippen MR) is 122 cm³/mol. The molecule has 0 saturated carbocycles. The largest absolute Gasteiger partial charge is 0.489 e. The molecule has 3 aromatic rings. The number of ether oxygens (including phenoxy) is 1. The molecular weight excluding hydrogens is 374 g/mol. The zero-order valence-corrected chi connectivity index (χ0v) is 18.0. The van der Waals surface area contributed by atoms with Gasteiger partial charge in [-0.2, -0.15) is 0 Å². The maximum Gasteiger partial charge on any atom is 0.191 e. The summed E-state index contributed by atoms with van der Waals surface area (Å²) in [6.07, 6.45) is 3.83. The summed E-state index contributed by atoms with van der Waals surface area (Å²) < 4.78 is 8.18. The summed E-state index contributed by atoms with van der Waals surface area (Å²) in [5, 5.41) is 6.66. The monoisotopic (exact) mass is 405 g/mol. The average Bonchev–Trinajstić information content (AvgIpc) is 3.19. The third-order valence-corrected chi connectivity index (χ3v) is 4.70. The molecule has 2 aromatic carbocycles. The van der Waals surface area contributed by atoms with E-state index in [0.717, 1.165) is 36.2 Å². The Kier molecular flexibility index (Phi) is 7.89. The zero-order valence-electron chi connectivity index (χ0n) is 18.0. The van der Waals surface area contributed by atoms with Crippen LogP contribution in [0.1, 0.15) is 30.8 Å². The number of guanidine groups is 1. The second-order valence-corrected chi connectivity index (χ2v) is 7.23. The molecule has 1 atom stereocenters. The van der Waals surface area contributed by atoms with Crippen molar-refractivity contribution in [3.8, 4) is 5.75 Å². The summed E-state index contributed by atoms with van der Waals surface area (Å²) in [6.45, 7) is 8.89. The number of nitrogens with one attached hydrogen (secondary N) is 2. The van der Waals surface area contributed by atoms with Gasteiger partial charge in [-0.05, 0) is 38.0 Å². The Balaban J connectivity index is 1.57. The highest BCUT2D eigenvalue weighted by atomic mass is 16.5. The van der Waals surface area contributed by atoms with E-state index in [0.29, 0.717) is 13.1 Å². The topological polar surface area (TPSA) is 63.5 Å². The van der Waals surface area contributed by atoms with E-state index in [4.69, 9.17) is 9.73 Å². The Morgan fingerprint density at radius 2 is 1.87 bits per heavy atom. The van der Waals surface area contributed by atoms with Crippen molar-refractivity contribution in [2.45, 2.75) is 40.0 Å². The number of aliphatic imine (C=N–C) groups is 1. The van der Waals surface area contributed by atoms with Crippen molar-refractivity contribution in [2.24, 2.45) is 4.99 Å². The molecular formula is C24H31N5O. The van der Waals surface area contributed by atoms with Gasteiger partial charge >= 0.3 is 0 Å². The molecule has 6 heteroatoms. The highest BCUT2D eigenvalue weighted by Crippen LogP contribution is 2.17. The molecule has 2 N–H and O–H groups in total. The normalized spacial score (nSPS) is 12.4. The lowest BCUT2D eigenvalue weighted by Crippen LogP contribution is -2.41. The lowest BCUT2D eigenvalue weighted by molar-refractivity contribution is 0.222. The summed E-state index contributed by atoms with van der Waals surface area (Å²) >= 11 is 0. The van der Waals surface area contributed by atoms with Gasteiger partial charge in [-0.25, -0.2) is 9.98 Å². The summed E-state index contributed by atoms with van der Waals surface area (Å²) in [4.78, 5) is 9.19. The third kappa shape index (κ3) is 6.37. The molecule has 0 bridgehead atoms. The minimum atomic E-state index is 0.00928. The van der Waals surface area contributed by atoms with Crippen LogP contribution in [0, 0.1) is 6.92 Å². The van der Waals surface area contributed by atoms with E-state index in [9.17, 15) is 0 Å². The Morgan fingerprint density at radius 3 is 2.63 bits per heavy atom. The Hall–Kier alpha value is -3.28. The maximum atomic E-state index is 6.05. The van der Waals surface area contributed by atoms with Crippen LogP contribution in [0.5, 0.6) is 5.75 Å². The second-order valence-electron chi connectivity index (χ2n) is 7.23. The molecule has 0 spiro atoms. The van der Waals surface area contributed by atoms with E-state index >= 15 is 0 Å². The molecule has 0 aliphatic heterocycles. The Bertz CT molecular complexity index is 936. The molecule has 6 nitrogen and oxygen atoms in total. The van der Waals surface area contributed by atoms with E-state index in [-0.39, 0.29) is 6.10 Å². The number of rotatable bonds is 9. The van der Waals surface area contributed by atoms with Crippen molar-refractivity contribution in [3.05, 3.63) is 83.9 Å². The van der Waals surface area contributed by atoms with Gasteiger partial charge in [-0.15, -0.1) is 0 Å². The molecule has 1 heterocycles. The summed E-state index contributed by atoms with van der Waals surface area (Å²) in [5.74, 6) is 2.60.